The number of imide groups is 1. The summed E-state index contributed by atoms with van der Waals surface area (Å²) in [6.45, 7) is 0. The van der Waals surface area contributed by atoms with Crippen LogP contribution < -0.4 is 0 Å². The summed E-state index contributed by atoms with van der Waals surface area (Å²) >= 11 is 0. The number of hydrogen-bond donors (Lipinski definition) is 1. The number of hydrazone groups is 1. The Kier molecular flexibility index (Phi) is 2.04. The van der Waals surface area contributed by atoms with Crippen LogP contribution in [0.4, 0.5) is 0 Å². The van der Waals surface area contributed by atoms with Crippen molar-refractivity contribution >= 4 is 18.0 Å². The lowest BCUT2D eigenvalue weighted by atomic mass is 9.63. The minimum atomic E-state index is -0.169. The van der Waals surface area contributed by atoms with E-state index in [0.717, 1.165) is 10.7 Å². The Balaban J connectivity index is 1.48. The molecule has 1 aliphatic heterocycles. The lowest BCUT2D eigenvalue weighted by Crippen LogP contribution is -2.40. The van der Waals surface area contributed by atoms with E-state index >= 15 is 0 Å². The van der Waals surface area contributed by atoms with Gasteiger partial charge in [-0.25, -0.2) is 0 Å². The van der Waals surface area contributed by atoms with Gasteiger partial charge in [-0.05, 0) is 42.2 Å². The van der Waals surface area contributed by atoms with Gasteiger partial charge in [-0.2, -0.15) is 10.1 Å². The molecule has 1 N–H and O–H groups in total. The van der Waals surface area contributed by atoms with Gasteiger partial charge < -0.3 is 4.98 Å². The number of aromatic nitrogens is 1. The van der Waals surface area contributed by atoms with Crippen molar-refractivity contribution in [2.45, 2.75) is 6.42 Å². The quantitative estimate of drug-likeness (QED) is 0.506. The molecule has 6 rings (SSSR count). The third-order valence-electron chi connectivity index (χ3n) is 5.57. The van der Waals surface area contributed by atoms with Crippen molar-refractivity contribution in [2.75, 3.05) is 0 Å². The second kappa shape index (κ2) is 3.72. The van der Waals surface area contributed by atoms with Gasteiger partial charge in [0.2, 0.25) is 0 Å². The summed E-state index contributed by atoms with van der Waals surface area (Å²) in [6.07, 6.45) is 8.85. The highest BCUT2D eigenvalue weighted by atomic mass is 16.2. The zero-order valence-corrected chi connectivity index (χ0v) is 11.3. The highest BCUT2D eigenvalue weighted by molar-refractivity contribution is 6.06. The molecule has 0 spiro atoms. The molecule has 6 atom stereocenters. The molecule has 5 aliphatic rings. The van der Waals surface area contributed by atoms with E-state index in [2.05, 4.69) is 22.2 Å². The third-order valence-corrected chi connectivity index (χ3v) is 5.57. The number of allylic oxidation sites excluding steroid dienone is 2. The van der Waals surface area contributed by atoms with Crippen LogP contribution in [0.15, 0.2) is 35.6 Å². The molecule has 4 aliphatic carbocycles. The number of carbonyl (C=O) groups excluding carboxylic acids is 2. The van der Waals surface area contributed by atoms with E-state index in [1.807, 2.05) is 12.1 Å². The molecular weight excluding hydrogens is 266 g/mol. The molecule has 2 amide bonds. The molecule has 0 unspecified atom stereocenters. The van der Waals surface area contributed by atoms with E-state index in [1.165, 1.54) is 6.42 Å². The molecule has 106 valence electrons. The van der Waals surface area contributed by atoms with Crippen LogP contribution in [0.1, 0.15) is 12.1 Å². The van der Waals surface area contributed by atoms with Crippen LogP contribution >= 0.6 is 0 Å². The summed E-state index contributed by atoms with van der Waals surface area (Å²) in [5.41, 5.74) is 0.786. The van der Waals surface area contributed by atoms with Crippen molar-refractivity contribution in [3.05, 3.63) is 36.2 Å². The van der Waals surface area contributed by atoms with Crippen LogP contribution in [-0.4, -0.2) is 28.0 Å². The van der Waals surface area contributed by atoms with Crippen LogP contribution in [0.25, 0.3) is 0 Å². The predicted octanol–water partition coefficient (Wildman–Crippen LogP) is 1.40. The average Bonchev–Trinajstić information content (AvgIpc) is 3.10. The fourth-order valence-electron chi connectivity index (χ4n) is 4.60. The van der Waals surface area contributed by atoms with E-state index in [4.69, 9.17) is 0 Å². The lowest BCUT2D eigenvalue weighted by molar-refractivity contribution is -0.140. The van der Waals surface area contributed by atoms with Gasteiger partial charge in [0, 0.05) is 6.20 Å². The van der Waals surface area contributed by atoms with E-state index in [-0.39, 0.29) is 35.5 Å². The first-order valence-electron chi connectivity index (χ1n) is 7.49. The predicted molar refractivity (Wildman–Crippen MR) is 74.9 cm³/mol. The van der Waals surface area contributed by atoms with Gasteiger partial charge >= 0.3 is 0 Å². The Morgan fingerprint density at radius 3 is 2.38 bits per heavy atom. The van der Waals surface area contributed by atoms with Gasteiger partial charge in [0.1, 0.15) is 0 Å². The fraction of sp³-hybridized carbons (Fsp3) is 0.438. The number of hydrogen-bond acceptors (Lipinski definition) is 3. The van der Waals surface area contributed by atoms with E-state index < -0.39 is 0 Å². The monoisotopic (exact) mass is 281 g/mol. The number of aromatic amines is 1. The Bertz CT molecular complexity index is 654. The molecule has 1 aromatic rings. The van der Waals surface area contributed by atoms with Gasteiger partial charge in [-0.15, -0.1) is 0 Å². The normalized spacial score (nSPS) is 42.8. The number of H-pyrrole nitrogens is 1. The standard InChI is InChI=1S/C16H15N3O2/c20-15-13-9-3-4-10(12-6-11(9)12)14(13)16(21)19(15)18-7-8-2-1-5-17-8/h1-5,7,9-14,17H,6H2/b18-7-/t9-,10-,11-,12+,13-,14-/m1/s1. The second-order valence-electron chi connectivity index (χ2n) is 6.51. The van der Waals surface area contributed by atoms with Crippen LogP contribution in [0, 0.1) is 35.5 Å². The molecule has 0 aromatic carbocycles. The molecule has 5 heteroatoms. The fourth-order valence-corrected chi connectivity index (χ4v) is 4.60. The van der Waals surface area contributed by atoms with Crippen LogP contribution in [0.3, 0.4) is 0 Å². The minimum absolute atomic E-state index is 0.113. The number of nitrogens with one attached hydrogen (secondary N) is 1. The second-order valence-corrected chi connectivity index (χ2v) is 6.51. The molecule has 1 saturated heterocycles. The van der Waals surface area contributed by atoms with Crippen LogP contribution in [0.2, 0.25) is 0 Å². The van der Waals surface area contributed by atoms with Crippen molar-refractivity contribution in [2.24, 2.45) is 40.6 Å². The molecule has 2 bridgehead atoms. The SMILES string of the molecule is O=C1[C@@H]2[C@@H]3C=C[C@H]([C@@H]4C[C@H]34)[C@H]2C(=O)N1/N=C\c1ccc[nH]1. The van der Waals surface area contributed by atoms with Crippen LogP contribution in [0.5, 0.6) is 0 Å². The number of nitrogens with zero attached hydrogens (tertiary/aromatic N) is 2. The highest BCUT2D eigenvalue weighted by Crippen LogP contribution is 2.65. The van der Waals surface area contributed by atoms with Gasteiger partial charge in [0.15, 0.2) is 0 Å². The van der Waals surface area contributed by atoms with E-state index in [1.54, 1.807) is 12.4 Å². The summed E-state index contributed by atoms with van der Waals surface area (Å²) in [4.78, 5) is 28.2. The zero-order valence-electron chi connectivity index (χ0n) is 11.3. The number of rotatable bonds is 2. The number of amides is 2. The van der Waals surface area contributed by atoms with Crippen molar-refractivity contribution in [3.8, 4) is 0 Å². The van der Waals surface area contributed by atoms with E-state index in [0.29, 0.717) is 11.8 Å². The topological polar surface area (TPSA) is 65.5 Å². The molecule has 2 saturated carbocycles. The molecule has 21 heavy (non-hydrogen) atoms. The van der Waals surface area contributed by atoms with Crippen LogP contribution in [-0.2, 0) is 9.59 Å². The molecular formula is C16H15N3O2. The summed E-state index contributed by atoms with van der Waals surface area (Å²) in [7, 11) is 0. The summed E-state index contributed by atoms with van der Waals surface area (Å²) < 4.78 is 0. The Hall–Kier alpha value is -2.17. The van der Waals surface area contributed by atoms with Crippen molar-refractivity contribution in [1.29, 1.82) is 0 Å². The molecule has 3 fully saturated rings. The molecule has 1 aromatic heterocycles. The largest absolute Gasteiger partial charge is 0.360 e. The zero-order chi connectivity index (χ0) is 14.1. The summed E-state index contributed by atoms with van der Waals surface area (Å²) in [5, 5.41) is 5.24. The van der Waals surface area contributed by atoms with Gasteiger partial charge in [-0.3, -0.25) is 9.59 Å². The van der Waals surface area contributed by atoms with Gasteiger partial charge in [0.25, 0.3) is 11.8 Å². The summed E-state index contributed by atoms with van der Waals surface area (Å²) in [5.74, 6) is 1.21. The highest BCUT2D eigenvalue weighted by Gasteiger charge is 2.67. The molecule has 2 heterocycles. The number of carbonyl (C=O) groups is 2. The lowest BCUT2D eigenvalue weighted by Gasteiger charge is -2.37. The first-order valence-corrected chi connectivity index (χ1v) is 7.49. The maximum atomic E-state index is 12.6. The Labute approximate surface area is 121 Å². The van der Waals surface area contributed by atoms with E-state index in [9.17, 15) is 9.59 Å². The van der Waals surface area contributed by atoms with Crippen molar-refractivity contribution in [1.82, 2.24) is 9.99 Å². The average molecular weight is 281 g/mol. The third kappa shape index (κ3) is 1.38. The smallest absolute Gasteiger partial charge is 0.254 e. The Morgan fingerprint density at radius 2 is 1.81 bits per heavy atom. The van der Waals surface area contributed by atoms with Gasteiger partial charge in [-0.1, -0.05) is 12.2 Å². The Morgan fingerprint density at radius 1 is 1.14 bits per heavy atom. The van der Waals surface area contributed by atoms with Crippen molar-refractivity contribution < 1.29 is 9.59 Å². The first kappa shape index (κ1) is 11.5. The maximum Gasteiger partial charge on any atom is 0.254 e. The van der Waals surface area contributed by atoms with Gasteiger partial charge in [0.05, 0.1) is 23.7 Å². The molecule has 0 radical (unpaired) electrons. The van der Waals surface area contributed by atoms with Crippen molar-refractivity contribution in [3.63, 3.8) is 0 Å². The minimum Gasteiger partial charge on any atom is -0.360 e. The molecule has 5 nitrogen and oxygen atoms in total. The maximum absolute atomic E-state index is 12.6. The summed E-state index contributed by atoms with van der Waals surface area (Å²) in [6, 6.07) is 3.70. The first-order chi connectivity index (χ1) is 10.3.